The van der Waals surface area contributed by atoms with Crippen molar-refractivity contribution < 1.29 is 13.9 Å². The van der Waals surface area contributed by atoms with E-state index in [9.17, 15) is 9.18 Å². The number of ether oxygens (including phenoxy) is 1. The molecule has 0 spiro atoms. The van der Waals surface area contributed by atoms with Crippen molar-refractivity contribution in [3.8, 4) is 5.75 Å². The Hall–Kier alpha value is -1.64. The first-order valence-corrected chi connectivity index (χ1v) is 4.78. The van der Waals surface area contributed by atoms with Gasteiger partial charge in [0.1, 0.15) is 11.6 Å². The predicted octanol–water partition coefficient (Wildman–Crippen LogP) is 3.09. The Morgan fingerprint density at radius 3 is 2.53 bits per heavy atom. The first-order valence-electron chi connectivity index (χ1n) is 4.78. The summed E-state index contributed by atoms with van der Waals surface area (Å²) in [4.78, 5) is 11.4. The largest absolute Gasteiger partial charge is 0.423 e. The quantitative estimate of drug-likeness (QED) is 0.433. The maximum Gasteiger partial charge on any atom is 0.338 e. The van der Waals surface area contributed by atoms with Crippen molar-refractivity contribution in [3.05, 3.63) is 41.7 Å². The lowest BCUT2D eigenvalue weighted by Crippen LogP contribution is -2.09. The van der Waals surface area contributed by atoms with Crippen molar-refractivity contribution in [2.45, 2.75) is 20.3 Å². The zero-order valence-corrected chi connectivity index (χ0v) is 8.79. The summed E-state index contributed by atoms with van der Waals surface area (Å²) in [5.41, 5.74) is 0.557. The van der Waals surface area contributed by atoms with Gasteiger partial charge in [-0.2, -0.15) is 0 Å². The molecular formula is C12H13FO2. The summed E-state index contributed by atoms with van der Waals surface area (Å²) < 4.78 is 17.6. The van der Waals surface area contributed by atoms with Crippen LogP contribution in [0.4, 0.5) is 4.39 Å². The SMILES string of the molecule is CCC=C(C)C(=O)Oc1ccc(F)cc1. The molecule has 0 radical (unpaired) electrons. The normalized spacial score (nSPS) is 11.3. The summed E-state index contributed by atoms with van der Waals surface area (Å²) in [6.45, 7) is 3.63. The summed E-state index contributed by atoms with van der Waals surface area (Å²) in [7, 11) is 0. The molecule has 0 fully saturated rings. The second-order valence-electron chi connectivity index (χ2n) is 3.14. The third kappa shape index (κ3) is 3.54. The van der Waals surface area contributed by atoms with Crippen LogP contribution < -0.4 is 4.74 Å². The minimum Gasteiger partial charge on any atom is -0.423 e. The van der Waals surface area contributed by atoms with E-state index in [0.717, 1.165) is 6.42 Å². The average molecular weight is 208 g/mol. The Labute approximate surface area is 88.4 Å². The zero-order valence-electron chi connectivity index (χ0n) is 8.79. The highest BCUT2D eigenvalue weighted by Crippen LogP contribution is 2.12. The third-order valence-electron chi connectivity index (χ3n) is 1.86. The Morgan fingerprint density at radius 1 is 1.40 bits per heavy atom. The van der Waals surface area contributed by atoms with Gasteiger partial charge >= 0.3 is 5.97 Å². The molecule has 0 aromatic heterocycles. The summed E-state index contributed by atoms with van der Waals surface area (Å²) in [6.07, 6.45) is 2.57. The van der Waals surface area contributed by atoms with Gasteiger partial charge in [0.2, 0.25) is 0 Å². The number of carbonyl (C=O) groups is 1. The molecule has 15 heavy (non-hydrogen) atoms. The second-order valence-corrected chi connectivity index (χ2v) is 3.14. The van der Waals surface area contributed by atoms with E-state index in [1.165, 1.54) is 24.3 Å². The van der Waals surface area contributed by atoms with E-state index < -0.39 is 5.97 Å². The lowest BCUT2D eigenvalue weighted by molar-refractivity contribution is -0.130. The van der Waals surface area contributed by atoms with E-state index in [1.807, 2.05) is 6.92 Å². The van der Waals surface area contributed by atoms with E-state index in [2.05, 4.69) is 0 Å². The summed E-state index contributed by atoms with van der Waals surface area (Å²) >= 11 is 0. The smallest absolute Gasteiger partial charge is 0.338 e. The van der Waals surface area contributed by atoms with Crippen LogP contribution in [0.1, 0.15) is 20.3 Å². The van der Waals surface area contributed by atoms with Crippen LogP contribution >= 0.6 is 0 Å². The molecule has 0 atom stereocenters. The van der Waals surface area contributed by atoms with E-state index in [0.29, 0.717) is 11.3 Å². The van der Waals surface area contributed by atoms with Crippen molar-refractivity contribution in [2.75, 3.05) is 0 Å². The second kappa shape index (κ2) is 5.29. The predicted molar refractivity (Wildman–Crippen MR) is 56.1 cm³/mol. The number of rotatable bonds is 3. The molecule has 0 unspecified atom stereocenters. The minimum atomic E-state index is -0.400. The molecule has 0 heterocycles. The molecular weight excluding hydrogens is 195 g/mol. The Kier molecular flexibility index (Phi) is 4.03. The summed E-state index contributed by atoms with van der Waals surface area (Å²) in [5.74, 6) is -0.399. The Bertz CT molecular complexity index is 366. The lowest BCUT2D eigenvalue weighted by atomic mass is 10.2. The lowest BCUT2D eigenvalue weighted by Gasteiger charge is -2.03. The molecule has 1 rings (SSSR count). The van der Waals surface area contributed by atoms with Gasteiger partial charge in [0.05, 0.1) is 0 Å². The molecule has 0 bridgehead atoms. The number of benzene rings is 1. The molecule has 3 heteroatoms. The molecule has 0 N–H and O–H groups in total. The maximum absolute atomic E-state index is 12.6. The molecule has 80 valence electrons. The van der Waals surface area contributed by atoms with Gasteiger partial charge in [-0.1, -0.05) is 13.0 Å². The molecule has 0 saturated carbocycles. The Morgan fingerprint density at radius 2 is 2.00 bits per heavy atom. The fraction of sp³-hybridized carbons (Fsp3) is 0.250. The van der Waals surface area contributed by atoms with Crippen LogP contribution in [-0.2, 0) is 4.79 Å². The Balaban J connectivity index is 2.66. The fourth-order valence-corrected chi connectivity index (χ4v) is 1.08. The van der Waals surface area contributed by atoms with Gasteiger partial charge in [-0.05, 0) is 37.6 Å². The highest BCUT2D eigenvalue weighted by atomic mass is 19.1. The number of allylic oxidation sites excluding steroid dienone is 1. The van der Waals surface area contributed by atoms with E-state index in [1.54, 1.807) is 13.0 Å². The molecule has 0 saturated heterocycles. The monoisotopic (exact) mass is 208 g/mol. The van der Waals surface area contributed by atoms with Gasteiger partial charge in [-0.25, -0.2) is 9.18 Å². The first kappa shape index (κ1) is 11.4. The molecule has 1 aromatic rings. The van der Waals surface area contributed by atoms with Crippen LogP contribution in [0.3, 0.4) is 0 Å². The van der Waals surface area contributed by atoms with Crippen molar-refractivity contribution in [1.82, 2.24) is 0 Å². The van der Waals surface area contributed by atoms with Gasteiger partial charge in [0, 0.05) is 5.57 Å². The van der Waals surface area contributed by atoms with E-state index >= 15 is 0 Å². The first-order chi connectivity index (χ1) is 7.13. The van der Waals surface area contributed by atoms with E-state index in [-0.39, 0.29) is 5.82 Å². The van der Waals surface area contributed by atoms with Crippen molar-refractivity contribution in [1.29, 1.82) is 0 Å². The highest BCUT2D eigenvalue weighted by Gasteiger charge is 2.06. The summed E-state index contributed by atoms with van der Waals surface area (Å²) in [5, 5.41) is 0. The molecule has 0 aliphatic rings. The molecule has 0 amide bonds. The standard InChI is InChI=1S/C12H13FO2/c1-3-4-9(2)12(14)15-11-7-5-10(13)6-8-11/h4-8H,3H2,1-2H3. The van der Waals surface area contributed by atoms with Crippen LogP contribution in [0.5, 0.6) is 5.75 Å². The topological polar surface area (TPSA) is 26.3 Å². The van der Waals surface area contributed by atoms with Gasteiger partial charge in [0.25, 0.3) is 0 Å². The molecule has 0 aliphatic carbocycles. The molecule has 1 aromatic carbocycles. The number of hydrogen-bond acceptors (Lipinski definition) is 2. The van der Waals surface area contributed by atoms with Crippen LogP contribution in [0.25, 0.3) is 0 Å². The minimum absolute atomic E-state index is 0.351. The number of carbonyl (C=O) groups excluding carboxylic acids is 1. The van der Waals surface area contributed by atoms with Gasteiger partial charge in [-0.3, -0.25) is 0 Å². The van der Waals surface area contributed by atoms with Crippen LogP contribution in [0, 0.1) is 5.82 Å². The number of hydrogen-bond donors (Lipinski definition) is 0. The average Bonchev–Trinajstić information content (AvgIpc) is 2.22. The third-order valence-corrected chi connectivity index (χ3v) is 1.86. The van der Waals surface area contributed by atoms with Crippen molar-refractivity contribution in [3.63, 3.8) is 0 Å². The summed E-state index contributed by atoms with van der Waals surface area (Å²) in [6, 6.07) is 5.35. The van der Waals surface area contributed by atoms with Gasteiger partial charge in [0.15, 0.2) is 0 Å². The van der Waals surface area contributed by atoms with Crippen LogP contribution in [0.2, 0.25) is 0 Å². The van der Waals surface area contributed by atoms with Crippen LogP contribution in [0.15, 0.2) is 35.9 Å². The van der Waals surface area contributed by atoms with Crippen molar-refractivity contribution in [2.24, 2.45) is 0 Å². The van der Waals surface area contributed by atoms with Gasteiger partial charge < -0.3 is 4.74 Å². The number of halogens is 1. The molecule has 2 nitrogen and oxygen atoms in total. The number of esters is 1. The fourth-order valence-electron chi connectivity index (χ4n) is 1.08. The highest BCUT2D eigenvalue weighted by molar-refractivity contribution is 5.89. The molecule has 0 aliphatic heterocycles. The van der Waals surface area contributed by atoms with Crippen molar-refractivity contribution >= 4 is 5.97 Å². The maximum atomic E-state index is 12.6. The zero-order chi connectivity index (χ0) is 11.3. The van der Waals surface area contributed by atoms with Gasteiger partial charge in [-0.15, -0.1) is 0 Å². The van der Waals surface area contributed by atoms with Crippen LogP contribution in [-0.4, -0.2) is 5.97 Å². The van der Waals surface area contributed by atoms with E-state index in [4.69, 9.17) is 4.74 Å².